The molecular formula is C19H20F3N3O2. The van der Waals surface area contributed by atoms with E-state index in [4.69, 9.17) is 0 Å². The van der Waals surface area contributed by atoms with Gasteiger partial charge in [0.1, 0.15) is 11.6 Å². The van der Waals surface area contributed by atoms with Gasteiger partial charge >= 0.3 is 0 Å². The summed E-state index contributed by atoms with van der Waals surface area (Å²) in [6.07, 6.45) is 2.33. The summed E-state index contributed by atoms with van der Waals surface area (Å²) >= 11 is 0. The van der Waals surface area contributed by atoms with Gasteiger partial charge in [-0.1, -0.05) is 13.0 Å². The second-order valence-electron chi connectivity index (χ2n) is 6.97. The van der Waals surface area contributed by atoms with Crippen LogP contribution in [0.25, 0.3) is 0 Å². The number of alkyl halides is 2. The Labute approximate surface area is 154 Å². The third kappa shape index (κ3) is 4.37. The minimum atomic E-state index is -2.90. The van der Waals surface area contributed by atoms with E-state index >= 15 is 0 Å². The van der Waals surface area contributed by atoms with Crippen molar-refractivity contribution >= 4 is 11.7 Å². The highest BCUT2D eigenvalue weighted by Crippen LogP contribution is 2.48. The van der Waals surface area contributed by atoms with Crippen molar-refractivity contribution in [2.24, 2.45) is 11.8 Å². The molecule has 5 nitrogen and oxygen atoms in total. The van der Waals surface area contributed by atoms with E-state index in [-0.39, 0.29) is 42.5 Å². The quantitative estimate of drug-likeness (QED) is 0.851. The van der Waals surface area contributed by atoms with Gasteiger partial charge in [0.2, 0.25) is 11.5 Å². The Morgan fingerprint density at radius 2 is 2.11 bits per heavy atom. The molecule has 8 heteroatoms. The zero-order valence-corrected chi connectivity index (χ0v) is 14.7. The second-order valence-corrected chi connectivity index (χ2v) is 6.97. The minimum absolute atomic E-state index is 0.129. The number of H-pyrrole nitrogens is 1. The van der Waals surface area contributed by atoms with Crippen molar-refractivity contribution in [2.45, 2.75) is 38.0 Å². The number of nitrogens with zero attached hydrogens (tertiary/aromatic N) is 1. The van der Waals surface area contributed by atoms with Crippen molar-refractivity contribution in [1.82, 2.24) is 9.97 Å². The van der Waals surface area contributed by atoms with Gasteiger partial charge in [-0.05, 0) is 36.5 Å². The molecule has 3 atom stereocenters. The zero-order valence-electron chi connectivity index (χ0n) is 14.7. The highest BCUT2D eigenvalue weighted by molar-refractivity contribution is 5.91. The van der Waals surface area contributed by atoms with Crippen LogP contribution in [-0.4, -0.2) is 21.8 Å². The maximum absolute atomic E-state index is 14.4. The number of anilines is 1. The number of hydrogen-bond acceptors (Lipinski definition) is 3. The fraction of sp³-hybridized carbons (Fsp3) is 0.421. The molecular weight excluding hydrogens is 359 g/mol. The summed E-state index contributed by atoms with van der Waals surface area (Å²) in [7, 11) is 0. The Morgan fingerprint density at radius 3 is 2.74 bits per heavy atom. The Kier molecular flexibility index (Phi) is 5.34. The van der Waals surface area contributed by atoms with E-state index in [1.165, 1.54) is 30.5 Å². The highest BCUT2D eigenvalue weighted by Gasteiger charge is 2.47. The summed E-state index contributed by atoms with van der Waals surface area (Å²) in [5.41, 5.74) is 0.00563. The Bertz CT molecular complexity index is 847. The first-order chi connectivity index (χ1) is 12.8. The molecule has 2 aromatic heterocycles. The number of rotatable bonds is 4. The summed E-state index contributed by atoms with van der Waals surface area (Å²) in [5, 5.41) is 2.60. The van der Waals surface area contributed by atoms with E-state index < -0.39 is 23.6 Å². The van der Waals surface area contributed by atoms with Crippen LogP contribution in [0.5, 0.6) is 0 Å². The van der Waals surface area contributed by atoms with Crippen LogP contribution in [0.2, 0.25) is 0 Å². The van der Waals surface area contributed by atoms with Crippen LogP contribution in [0, 0.1) is 17.7 Å². The molecule has 0 aliphatic heterocycles. The van der Waals surface area contributed by atoms with Crippen molar-refractivity contribution in [2.75, 3.05) is 5.32 Å². The Morgan fingerprint density at radius 1 is 1.33 bits per heavy atom. The molecule has 2 aromatic rings. The van der Waals surface area contributed by atoms with Crippen molar-refractivity contribution in [3.05, 3.63) is 58.4 Å². The lowest BCUT2D eigenvalue weighted by molar-refractivity contribution is -0.124. The topological polar surface area (TPSA) is 74.8 Å². The van der Waals surface area contributed by atoms with Crippen LogP contribution < -0.4 is 10.9 Å². The second kappa shape index (κ2) is 7.54. The molecule has 3 rings (SSSR count). The Hall–Kier alpha value is -2.64. The lowest BCUT2D eigenvalue weighted by Crippen LogP contribution is -2.38. The minimum Gasteiger partial charge on any atom is -0.329 e. The summed E-state index contributed by atoms with van der Waals surface area (Å²) in [6, 6.07) is 5.16. The maximum Gasteiger partial charge on any atom is 0.254 e. The zero-order chi connectivity index (χ0) is 19.6. The maximum atomic E-state index is 14.4. The van der Waals surface area contributed by atoms with Crippen LogP contribution in [0.4, 0.5) is 19.0 Å². The standard InChI is InChI=1S/C19H20F3N3O2/c1-11(18(27)25-16-4-3-14(20)10-23-16)12-6-7-19(21,22)15(8-12)13-2-5-17(26)24-9-13/h2-5,9-12,15H,6-8H2,1H3,(H,24,26)(H,23,25,27)/t11-,12+,15-/m1/s1. The predicted molar refractivity (Wildman–Crippen MR) is 94.1 cm³/mol. The third-order valence-corrected chi connectivity index (χ3v) is 5.21. The van der Waals surface area contributed by atoms with Crippen LogP contribution in [-0.2, 0) is 4.79 Å². The first-order valence-electron chi connectivity index (χ1n) is 8.75. The van der Waals surface area contributed by atoms with Crippen molar-refractivity contribution in [3.63, 3.8) is 0 Å². The van der Waals surface area contributed by atoms with Crippen molar-refractivity contribution in [1.29, 1.82) is 0 Å². The molecule has 2 N–H and O–H groups in total. The summed E-state index contributed by atoms with van der Waals surface area (Å²) < 4.78 is 41.8. The van der Waals surface area contributed by atoms with E-state index in [0.717, 1.165) is 6.20 Å². The monoisotopic (exact) mass is 379 g/mol. The molecule has 0 bridgehead atoms. The molecule has 2 heterocycles. The number of aromatic nitrogens is 2. The molecule has 1 aliphatic carbocycles. The highest BCUT2D eigenvalue weighted by atomic mass is 19.3. The fourth-order valence-electron chi connectivity index (χ4n) is 3.52. The number of carbonyl (C=O) groups is 1. The molecule has 1 saturated carbocycles. The fourth-order valence-corrected chi connectivity index (χ4v) is 3.52. The molecule has 1 aliphatic rings. The molecule has 0 saturated heterocycles. The SMILES string of the molecule is C[C@@H](C(=O)Nc1ccc(F)cn1)[C@H]1CCC(F)(F)[C@@H](c2ccc(=O)[nH]c2)C1. The van der Waals surface area contributed by atoms with Crippen LogP contribution in [0.1, 0.15) is 37.7 Å². The van der Waals surface area contributed by atoms with Crippen LogP contribution in [0.15, 0.2) is 41.5 Å². The number of halogens is 3. The third-order valence-electron chi connectivity index (χ3n) is 5.21. The van der Waals surface area contributed by atoms with E-state index in [0.29, 0.717) is 5.56 Å². The Balaban J connectivity index is 1.72. The molecule has 0 aromatic carbocycles. The number of aromatic amines is 1. The lowest BCUT2D eigenvalue weighted by Gasteiger charge is -2.38. The molecule has 1 amide bonds. The van der Waals surface area contributed by atoms with Crippen molar-refractivity contribution < 1.29 is 18.0 Å². The lowest BCUT2D eigenvalue weighted by atomic mass is 9.71. The van der Waals surface area contributed by atoms with E-state index in [1.54, 1.807) is 6.92 Å². The van der Waals surface area contributed by atoms with Gasteiger partial charge in [0, 0.05) is 30.5 Å². The number of pyridine rings is 2. The van der Waals surface area contributed by atoms with Gasteiger partial charge in [-0.15, -0.1) is 0 Å². The smallest absolute Gasteiger partial charge is 0.254 e. The summed E-state index contributed by atoms with van der Waals surface area (Å²) in [5.74, 6) is -5.37. The average Bonchev–Trinajstić information content (AvgIpc) is 2.64. The van der Waals surface area contributed by atoms with Gasteiger partial charge < -0.3 is 10.3 Å². The normalized spacial score (nSPS) is 22.8. The van der Waals surface area contributed by atoms with Crippen molar-refractivity contribution in [3.8, 4) is 0 Å². The molecule has 144 valence electrons. The number of nitrogens with one attached hydrogen (secondary N) is 2. The molecule has 27 heavy (non-hydrogen) atoms. The predicted octanol–water partition coefficient (Wildman–Crippen LogP) is 3.70. The van der Waals surface area contributed by atoms with E-state index in [2.05, 4.69) is 15.3 Å². The molecule has 1 fully saturated rings. The van der Waals surface area contributed by atoms with Gasteiger partial charge in [0.05, 0.1) is 6.20 Å². The number of amides is 1. The van der Waals surface area contributed by atoms with E-state index in [9.17, 15) is 22.8 Å². The van der Waals surface area contributed by atoms with Gasteiger partial charge in [-0.2, -0.15) is 0 Å². The largest absolute Gasteiger partial charge is 0.329 e. The molecule has 0 radical (unpaired) electrons. The summed E-state index contributed by atoms with van der Waals surface area (Å²) in [4.78, 5) is 29.9. The van der Waals surface area contributed by atoms with Gasteiger partial charge in [-0.3, -0.25) is 9.59 Å². The first kappa shape index (κ1) is 19.1. The van der Waals surface area contributed by atoms with E-state index in [1.807, 2.05) is 0 Å². The van der Waals surface area contributed by atoms with Gasteiger partial charge in [0.25, 0.3) is 5.92 Å². The number of carbonyl (C=O) groups excluding carboxylic acids is 1. The average molecular weight is 379 g/mol. The van der Waals surface area contributed by atoms with Gasteiger partial charge in [0.15, 0.2) is 0 Å². The molecule has 0 unspecified atom stereocenters. The molecule has 0 spiro atoms. The van der Waals surface area contributed by atoms with Gasteiger partial charge in [-0.25, -0.2) is 18.2 Å². The first-order valence-corrected chi connectivity index (χ1v) is 8.75. The van der Waals surface area contributed by atoms with Crippen LogP contribution >= 0.6 is 0 Å². The van der Waals surface area contributed by atoms with Crippen LogP contribution in [0.3, 0.4) is 0 Å². The number of hydrogen-bond donors (Lipinski definition) is 2. The summed E-state index contributed by atoms with van der Waals surface area (Å²) in [6.45, 7) is 1.69.